The van der Waals surface area contributed by atoms with Crippen LogP contribution >= 0.6 is 0 Å². The van der Waals surface area contributed by atoms with Gasteiger partial charge in [-0.1, -0.05) is 12.1 Å². The number of aromatic nitrogens is 6. The molecule has 0 saturated carbocycles. The summed E-state index contributed by atoms with van der Waals surface area (Å²) < 4.78 is 3.69. The van der Waals surface area contributed by atoms with Crippen molar-refractivity contribution in [2.75, 3.05) is 0 Å². The zero-order valence-corrected chi connectivity index (χ0v) is 15.1. The molecule has 0 fully saturated rings. The molecular formula is C20H20N6. The monoisotopic (exact) mass is 344 g/mol. The summed E-state index contributed by atoms with van der Waals surface area (Å²) in [5.74, 6) is 2.28. The molecule has 0 atom stereocenters. The largest absolute Gasteiger partial charge is 0.246 e. The van der Waals surface area contributed by atoms with E-state index in [4.69, 9.17) is 0 Å². The molecule has 3 heterocycles. The number of hydrogen-bond donors (Lipinski definition) is 0. The minimum absolute atomic E-state index is 0.699. The lowest BCUT2D eigenvalue weighted by Gasteiger charge is -2.02. The zero-order chi connectivity index (χ0) is 18.1. The van der Waals surface area contributed by atoms with E-state index in [1.165, 1.54) is 0 Å². The lowest BCUT2D eigenvalue weighted by atomic mass is 10.1. The molecule has 0 saturated heterocycles. The average molecular weight is 344 g/mol. The molecule has 0 radical (unpaired) electrons. The minimum atomic E-state index is 0.699. The maximum Gasteiger partial charge on any atom is 0.182 e. The minimum Gasteiger partial charge on any atom is -0.246 e. The third-order valence-corrected chi connectivity index (χ3v) is 4.15. The standard InChI is InChI=1S/C20H20N6/c1-4-8-17-21-19(23-25(17)5-2)15-11-14(3)12-16(13-15)20-22-18-9-6-7-10-26(18)24-20/h4,6-13H,5H2,1-3H3/b8-4-. The van der Waals surface area contributed by atoms with Crippen LogP contribution in [0.5, 0.6) is 0 Å². The van der Waals surface area contributed by atoms with Crippen LogP contribution in [0.2, 0.25) is 0 Å². The van der Waals surface area contributed by atoms with E-state index in [0.29, 0.717) is 11.6 Å². The second kappa shape index (κ2) is 6.55. The number of rotatable bonds is 4. The SMILES string of the molecule is C/C=C\c1nc(-c2cc(C)cc(-c3nc4ccccn4n3)c2)nn1CC. The molecule has 6 nitrogen and oxygen atoms in total. The Morgan fingerprint density at radius 3 is 2.46 bits per heavy atom. The third-order valence-electron chi connectivity index (χ3n) is 4.15. The summed E-state index contributed by atoms with van der Waals surface area (Å²) in [6.07, 6.45) is 5.85. The Hall–Kier alpha value is -3.28. The van der Waals surface area contributed by atoms with Crippen molar-refractivity contribution in [3.63, 3.8) is 0 Å². The van der Waals surface area contributed by atoms with Gasteiger partial charge in [0, 0.05) is 23.9 Å². The first-order valence-electron chi connectivity index (χ1n) is 8.69. The van der Waals surface area contributed by atoms with Crippen LogP contribution in [0.1, 0.15) is 25.2 Å². The van der Waals surface area contributed by atoms with E-state index >= 15 is 0 Å². The molecule has 0 bridgehead atoms. The number of aryl methyl sites for hydroxylation is 2. The number of nitrogens with zero attached hydrogens (tertiary/aromatic N) is 6. The Bertz CT molecular complexity index is 1070. The predicted octanol–water partition coefficient (Wildman–Crippen LogP) is 4.02. The van der Waals surface area contributed by atoms with E-state index in [1.54, 1.807) is 4.52 Å². The van der Waals surface area contributed by atoms with Crippen molar-refractivity contribution < 1.29 is 0 Å². The van der Waals surface area contributed by atoms with Crippen molar-refractivity contribution in [3.8, 4) is 22.8 Å². The molecule has 0 aliphatic rings. The van der Waals surface area contributed by atoms with Gasteiger partial charge in [0.1, 0.15) is 0 Å². The second-order valence-electron chi connectivity index (χ2n) is 6.14. The summed E-state index contributed by atoms with van der Waals surface area (Å²) in [5, 5.41) is 9.22. The Morgan fingerprint density at radius 2 is 1.77 bits per heavy atom. The first-order valence-corrected chi connectivity index (χ1v) is 8.69. The molecule has 1 aromatic carbocycles. The molecule has 0 aliphatic carbocycles. The molecule has 26 heavy (non-hydrogen) atoms. The fraction of sp³-hybridized carbons (Fsp3) is 0.200. The van der Waals surface area contributed by atoms with Crippen molar-refractivity contribution in [1.82, 2.24) is 29.4 Å². The van der Waals surface area contributed by atoms with Gasteiger partial charge in [0.05, 0.1) is 0 Å². The smallest absolute Gasteiger partial charge is 0.182 e. The average Bonchev–Trinajstić information content (AvgIpc) is 3.25. The van der Waals surface area contributed by atoms with E-state index in [9.17, 15) is 0 Å². The Morgan fingerprint density at radius 1 is 1.00 bits per heavy atom. The molecule has 0 aliphatic heterocycles. The lowest BCUT2D eigenvalue weighted by molar-refractivity contribution is 0.653. The third kappa shape index (κ3) is 2.90. The number of fused-ring (bicyclic) bond motifs is 1. The number of benzene rings is 1. The highest BCUT2D eigenvalue weighted by Crippen LogP contribution is 2.25. The predicted molar refractivity (Wildman–Crippen MR) is 103 cm³/mol. The van der Waals surface area contributed by atoms with Crippen molar-refractivity contribution in [2.45, 2.75) is 27.3 Å². The van der Waals surface area contributed by atoms with Crippen LogP contribution in [0, 0.1) is 6.92 Å². The van der Waals surface area contributed by atoms with Crippen LogP contribution in [-0.4, -0.2) is 29.4 Å². The van der Waals surface area contributed by atoms with Gasteiger partial charge in [-0.15, -0.1) is 5.10 Å². The van der Waals surface area contributed by atoms with Gasteiger partial charge >= 0.3 is 0 Å². The van der Waals surface area contributed by atoms with E-state index < -0.39 is 0 Å². The quantitative estimate of drug-likeness (QED) is 0.561. The number of hydrogen-bond acceptors (Lipinski definition) is 4. The second-order valence-corrected chi connectivity index (χ2v) is 6.14. The van der Waals surface area contributed by atoms with Crippen molar-refractivity contribution in [2.24, 2.45) is 0 Å². The van der Waals surface area contributed by atoms with Gasteiger partial charge in [-0.3, -0.25) is 0 Å². The first-order chi connectivity index (χ1) is 12.7. The highest BCUT2D eigenvalue weighted by atomic mass is 15.3. The molecule has 0 amide bonds. The van der Waals surface area contributed by atoms with Gasteiger partial charge < -0.3 is 0 Å². The summed E-state index contributed by atoms with van der Waals surface area (Å²) >= 11 is 0. The summed E-state index contributed by atoms with van der Waals surface area (Å²) in [6.45, 7) is 6.88. The molecular weight excluding hydrogens is 324 g/mol. The van der Waals surface area contributed by atoms with E-state index in [0.717, 1.165) is 34.7 Å². The Balaban J connectivity index is 1.81. The maximum absolute atomic E-state index is 4.68. The van der Waals surface area contributed by atoms with Gasteiger partial charge in [0.25, 0.3) is 0 Å². The van der Waals surface area contributed by atoms with Crippen molar-refractivity contribution in [3.05, 3.63) is 60.1 Å². The number of allylic oxidation sites excluding steroid dienone is 1. The summed E-state index contributed by atoms with van der Waals surface area (Å²) in [4.78, 5) is 9.30. The van der Waals surface area contributed by atoms with Gasteiger partial charge in [0.2, 0.25) is 0 Å². The summed E-state index contributed by atoms with van der Waals surface area (Å²) in [7, 11) is 0. The Labute approximate surface area is 151 Å². The fourth-order valence-electron chi connectivity index (χ4n) is 2.98. The maximum atomic E-state index is 4.68. The van der Waals surface area contributed by atoms with Crippen molar-refractivity contribution in [1.29, 1.82) is 0 Å². The van der Waals surface area contributed by atoms with Crippen LogP contribution < -0.4 is 0 Å². The fourth-order valence-corrected chi connectivity index (χ4v) is 2.98. The first kappa shape index (κ1) is 16.2. The van der Waals surface area contributed by atoms with Crippen LogP contribution in [-0.2, 0) is 6.54 Å². The molecule has 4 rings (SSSR count). The normalized spacial score (nSPS) is 11.7. The highest BCUT2D eigenvalue weighted by molar-refractivity contribution is 5.68. The summed E-state index contributed by atoms with van der Waals surface area (Å²) in [6, 6.07) is 12.1. The number of pyridine rings is 1. The van der Waals surface area contributed by atoms with Crippen LogP contribution in [0.25, 0.3) is 34.5 Å². The summed E-state index contributed by atoms with van der Waals surface area (Å²) in [5.41, 5.74) is 3.88. The van der Waals surface area contributed by atoms with E-state index in [-0.39, 0.29) is 0 Å². The van der Waals surface area contributed by atoms with E-state index in [2.05, 4.69) is 52.2 Å². The topological polar surface area (TPSA) is 60.9 Å². The van der Waals surface area contributed by atoms with Crippen LogP contribution in [0.15, 0.2) is 48.7 Å². The van der Waals surface area contributed by atoms with Gasteiger partial charge in [-0.25, -0.2) is 19.2 Å². The lowest BCUT2D eigenvalue weighted by Crippen LogP contribution is -1.99. The molecule has 0 unspecified atom stereocenters. The molecule has 0 spiro atoms. The van der Waals surface area contributed by atoms with Crippen molar-refractivity contribution >= 4 is 11.7 Å². The molecule has 4 aromatic rings. The van der Waals surface area contributed by atoms with Crippen LogP contribution in [0.4, 0.5) is 0 Å². The molecule has 130 valence electrons. The van der Waals surface area contributed by atoms with Crippen LogP contribution in [0.3, 0.4) is 0 Å². The zero-order valence-electron chi connectivity index (χ0n) is 15.1. The van der Waals surface area contributed by atoms with Gasteiger partial charge in [-0.05, 0) is 62.7 Å². The van der Waals surface area contributed by atoms with Gasteiger partial charge in [-0.2, -0.15) is 5.10 Å². The molecule has 3 aromatic heterocycles. The molecule has 6 heteroatoms. The van der Waals surface area contributed by atoms with E-state index in [1.807, 2.05) is 48.2 Å². The Kier molecular flexibility index (Phi) is 4.08. The van der Waals surface area contributed by atoms with Gasteiger partial charge in [0.15, 0.2) is 23.1 Å². The molecule has 0 N–H and O–H groups in total. The highest BCUT2D eigenvalue weighted by Gasteiger charge is 2.13.